The summed E-state index contributed by atoms with van der Waals surface area (Å²) in [5, 5.41) is 3.12. The summed E-state index contributed by atoms with van der Waals surface area (Å²) < 4.78 is 10.7. The number of aryl methyl sites for hydroxylation is 1. The Hall–Kier alpha value is -0.910. The number of halogens is 1. The molecule has 0 amide bonds. The largest absolute Gasteiger partial charge is 0.468 e. The summed E-state index contributed by atoms with van der Waals surface area (Å²) in [5.41, 5.74) is 2.00. The third-order valence-corrected chi connectivity index (χ3v) is 3.25. The van der Waals surface area contributed by atoms with Gasteiger partial charge < -0.3 is 9.47 Å². The lowest BCUT2D eigenvalue weighted by atomic mass is 10.1. The van der Waals surface area contributed by atoms with Gasteiger partial charge in [0.15, 0.2) is 0 Å². The molecule has 1 unspecified atom stereocenters. The molecule has 4 nitrogen and oxygen atoms in total. The summed E-state index contributed by atoms with van der Waals surface area (Å²) in [5.74, 6) is -0.310. The van der Waals surface area contributed by atoms with Gasteiger partial charge in [-0.05, 0) is 24.1 Å². The predicted octanol–water partition coefficient (Wildman–Crippen LogP) is 2.21. The zero-order valence-electron chi connectivity index (χ0n) is 10.8. The fourth-order valence-corrected chi connectivity index (χ4v) is 2.33. The topological polar surface area (TPSA) is 47.6 Å². The van der Waals surface area contributed by atoms with Crippen LogP contribution >= 0.6 is 15.9 Å². The fourth-order valence-electron chi connectivity index (χ4n) is 1.61. The Morgan fingerprint density at radius 3 is 2.72 bits per heavy atom. The summed E-state index contributed by atoms with van der Waals surface area (Å²) in [4.78, 5) is 11.8. The second-order valence-electron chi connectivity index (χ2n) is 3.93. The maximum atomic E-state index is 11.8. The molecule has 0 heterocycles. The molecule has 5 heteroatoms. The first-order valence-electron chi connectivity index (χ1n) is 5.66. The lowest BCUT2D eigenvalue weighted by Crippen LogP contribution is -2.32. The average molecular weight is 316 g/mol. The quantitative estimate of drug-likeness (QED) is 0.646. The van der Waals surface area contributed by atoms with Crippen LogP contribution in [0.2, 0.25) is 0 Å². The van der Waals surface area contributed by atoms with E-state index < -0.39 is 6.04 Å². The van der Waals surface area contributed by atoms with Gasteiger partial charge in [0, 0.05) is 18.1 Å². The highest BCUT2D eigenvalue weighted by Gasteiger charge is 2.22. The van der Waals surface area contributed by atoms with Crippen molar-refractivity contribution in [3.8, 4) is 0 Å². The molecule has 0 spiro atoms. The number of hydrogen-bond acceptors (Lipinski definition) is 4. The van der Waals surface area contributed by atoms with Crippen LogP contribution in [-0.2, 0) is 14.3 Å². The molecule has 0 aliphatic carbocycles. The Bertz CT molecular complexity index is 409. The molecule has 0 bridgehead atoms. The molecule has 0 aromatic heterocycles. The Balaban J connectivity index is 2.90. The predicted molar refractivity (Wildman–Crippen MR) is 73.5 cm³/mol. The van der Waals surface area contributed by atoms with Crippen LogP contribution in [0.4, 0.5) is 0 Å². The summed E-state index contributed by atoms with van der Waals surface area (Å²) in [6.45, 7) is 3.12. The van der Waals surface area contributed by atoms with Gasteiger partial charge in [-0.2, -0.15) is 0 Å². The minimum Gasteiger partial charge on any atom is -0.468 e. The van der Waals surface area contributed by atoms with E-state index in [-0.39, 0.29) is 5.97 Å². The van der Waals surface area contributed by atoms with E-state index in [2.05, 4.69) is 21.2 Å². The standard InChI is InChI=1S/C13H18BrNO3/c1-9-4-5-10(11(14)8-9)12(13(16)18-3)15-6-7-17-2/h4-5,8,12,15H,6-7H2,1-3H3. The number of carbonyl (C=O) groups excluding carboxylic acids is 1. The fraction of sp³-hybridized carbons (Fsp3) is 0.462. The highest BCUT2D eigenvalue weighted by molar-refractivity contribution is 9.10. The first-order chi connectivity index (χ1) is 8.60. The number of hydrogen-bond donors (Lipinski definition) is 1. The third kappa shape index (κ3) is 4.08. The van der Waals surface area contributed by atoms with E-state index in [0.717, 1.165) is 15.6 Å². The number of nitrogens with one attached hydrogen (secondary N) is 1. The number of esters is 1. The number of benzene rings is 1. The Morgan fingerprint density at radius 1 is 1.44 bits per heavy atom. The van der Waals surface area contributed by atoms with Crippen molar-refractivity contribution in [2.75, 3.05) is 27.4 Å². The molecule has 0 fully saturated rings. The molecule has 100 valence electrons. The Kier molecular flexibility index (Phi) is 6.32. The van der Waals surface area contributed by atoms with Crippen LogP contribution in [0.1, 0.15) is 17.2 Å². The molecule has 1 aromatic carbocycles. The summed E-state index contributed by atoms with van der Waals surface area (Å²) in [6.07, 6.45) is 0. The lowest BCUT2D eigenvalue weighted by molar-refractivity contribution is -0.143. The average Bonchev–Trinajstić information content (AvgIpc) is 2.35. The van der Waals surface area contributed by atoms with E-state index in [1.54, 1.807) is 7.11 Å². The Morgan fingerprint density at radius 2 is 2.17 bits per heavy atom. The van der Waals surface area contributed by atoms with Crippen LogP contribution in [0, 0.1) is 6.92 Å². The van der Waals surface area contributed by atoms with Crippen molar-refractivity contribution in [1.29, 1.82) is 0 Å². The minimum atomic E-state index is -0.486. The van der Waals surface area contributed by atoms with Crippen LogP contribution in [0.5, 0.6) is 0 Å². The second-order valence-corrected chi connectivity index (χ2v) is 4.78. The molecule has 1 aromatic rings. The van der Waals surface area contributed by atoms with Crippen molar-refractivity contribution < 1.29 is 14.3 Å². The van der Waals surface area contributed by atoms with Crippen molar-refractivity contribution >= 4 is 21.9 Å². The molecular formula is C13H18BrNO3. The minimum absolute atomic E-state index is 0.310. The molecular weight excluding hydrogens is 298 g/mol. The van der Waals surface area contributed by atoms with E-state index in [1.165, 1.54) is 7.11 Å². The Labute approximate surface area is 116 Å². The van der Waals surface area contributed by atoms with E-state index in [4.69, 9.17) is 9.47 Å². The SMILES string of the molecule is COCCNC(C(=O)OC)c1ccc(C)cc1Br. The molecule has 0 saturated heterocycles. The van der Waals surface area contributed by atoms with Crippen LogP contribution in [0.3, 0.4) is 0 Å². The first-order valence-corrected chi connectivity index (χ1v) is 6.45. The molecule has 0 radical (unpaired) electrons. The number of carbonyl (C=O) groups is 1. The lowest BCUT2D eigenvalue weighted by Gasteiger charge is -2.18. The number of rotatable bonds is 6. The molecule has 1 rings (SSSR count). The molecule has 1 N–H and O–H groups in total. The third-order valence-electron chi connectivity index (χ3n) is 2.56. The van der Waals surface area contributed by atoms with Gasteiger partial charge in [0.25, 0.3) is 0 Å². The van der Waals surface area contributed by atoms with Gasteiger partial charge in [-0.25, -0.2) is 4.79 Å². The van der Waals surface area contributed by atoms with Gasteiger partial charge in [-0.15, -0.1) is 0 Å². The van der Waals surface area contributed by atoms with Crippen molar-refractivity contribution in [2.45, 2.75) is 13.0 Å². The molecule has 0 aliphatic heterocycles. The summed E-state index contributed by atoms with van der Waals surface area (Å²) >= 11 is 3.48. The summed E-state index contributed by atoms with van der Waals surface area (Å²) in [6, 6.07) is 5.37. The zero-order chi connectivity index (χ0) is 13.5. The van der Waals surface area contributed by atoms with Gasteiger partial charge in [0.1, 0.15) is 6.04 Å². The molecule has 0 aliphatic rings. The highest BCUT2D eigenvalue weighted by atomic mass is 79.9. The van der Waals surface area contributed by atoms with E-state index in [9.17, 15) is 4.79 Å². The van der Waals surface area contributed by atoms with Crippen LogP contribution < -0.4 is 5.32 Å². The smallest absolute Gasteiger partial charge is 0.327 e. The zero-order valence-corrected chi connectivity index (χ0v) is 12.4. The highest BCUT2D eigenvalue weighted by Crippen LogP contribution is 2.25. The molecule has 0 saturated carbocycles. The number of methoxy groups -OCH3 is 2. The molecule has 1 atom stereocenters. The van der Waals surface area contributed by atoms with Gasteiger partial charge in [0.2, 0.25) is 0 Å². The van der Waals surface area contributed by atoms with E-state index in [1.807, 2.05) is 25.1 Å². The van der Waals surface area contributed by atoms with E-state index >= 15 is 0 Å². The van der Waals surface area contributed by atoms with Crippen molar-refractivity contribution in [3.63, 3.8) is 0 Å². The van der Waals surface area contributed by atoms with Gasteiger partial charge in [0.05, 0.1) is 13.7 Å². The van der Waals surface area contributed by atoms with Crippen LogP contribution in [0.15, 0.2) is 22.7 Å². The maximum absolute atomic E-state index is 11.8. The van der Waals surface area contributed by atoms with Crippen LogP contribution in [0.25, 0.3) is 0 Å². The van der Waals surface area contributed by atoms with E-state index in [0.29, 0.717) is 13.2 Å². The van der Waals surface area contributed by atoms with Crippen molar-refractivity contribution in [3.05, 3.63) is 33.8 Å². The monoisotopic (exact) mass is 315 g/mol. The normalized spacial score (nSPS) is 12.2. The van der Waals surface area contributed by atoms with Gasteiger partial charge in [-0.3, -0.25) is 5.32 Å². The molecule has 18 heavy (non-hydrogen) atoms. The van der Waals surface area contributed by atoms with Crippen molar-refractivity contribution in [1.82, 2.24) is 5.32 Å². The van der Waals surface area contributed by atoms with Gasteiger partial charge in [-0.1, -0.05) is 28.1 Å². The van der Waals surface area contributed by atoms with Gasteiger partial charge >= 0.3 is 5.97 Å². The van der Waals surface area contributed by atoms with Crippen LogP contribution in [-0.4, -0.2) is 33.3 Å². The summed E-state index contributed by atoms with van der Waals surface area (Å²) in [7, 11) is 3.01. The number of ether oxygens (including phenoxy) is 2. The maximum Gasteiger partial charge on any atom is 0.327 e. The van der Waals surface area contributed by atoms with Crippen molar-refractivity contribution in [2.24, 2.45) is 0 Å². The first kappa shape index (κ1) is 15.1. The second kappa shape index (κ2) is 7.51.